The van der Waals surface area contributed by atoms with E-state index in [1.54, 1.807) is 36.0 Å². The quantitative estimate of drug-likeness (QED) is 0.167. The molecule has 0 aliphatic carbocycles. The Bertz CT molecular complexity index is 1220. The number of nitrogens with zero attached hydrogens (tertiary/aromatic N) is 4. The van der Waals surface area contributed by atoms with Gasteiger partial charge in [-0.05, 0) is 46.9 Å². The minimum atomic E-state index is -0.134. The molecule has 1 amide bonds. The molecule has 0 aliphatic heterocycles. The van der Waals surface area contributed by atoms with Gasteiger partial charge in [-0.15, -0.1) is 31.7 Å². The molecule has 37 heavy (non-hydrogen) atoms. The van der Waals surface area contributed by atoms with E-state index in [0.29, 0.717) is 29.3 Å². The van der Waals surface area contributed by atoms with Crippen molar-refractivity contribution in [3.8, 4) is 0 Å². The Labute approximate surface area is 227 Å². The summed E-state index contributed by atoms with van der Waals surface area (Å²) >= 11 is 4.69. The third-order valence-corrected chi connectivity index (χ3v) is 8.08. The molecule has 0 spiro atoms. The van der Waals surface area contributed by atoms with Crippen LogP contribution in [0.5, 0.6) is 0 Å². The Morgan fingerprint density at radius 3 is 1.89 bits per heavy atom. The lowest BCUT2D eigenvalue weighted by Crippen LogP contribution is -2.14. The highest BCUT2D eigenvalue weighted by molar-refractivity contribution is 7.99. The number of ketones is 1. The van der Waals surface area contributed by atoms with Gasteiger partial charge in [0, 0.05) is 30.6 Å². The second-order valence-corrected chi connectivity index (χ2v) is 11.7. The van der Waals surface area contributed by atoms with Crippen LogP contribution in [0, 0.1) is 0 Å². The van der Waals surface area contributed by atoms with Crippen molar-refractivity contribution in [3.63, 3.8) is 0 Å². The van der Waals surface area contributed by atoms with Gasteiger partial charge in [-0.2, -0.15) is 11.8 Å². The zero-order valence-corrected chi connectivity index (χ0v) is 22.5. The first-order chi connectivity index (χ1) is 17.9. The van der Waals surface area contributed by atoms with Gasteiger partial charge in [0.25, 0.3) is 0 Å². The molecule has 0 saturated heterocycles. The van der Waals surface area contributed by atoms with E-state index in [9.17, 15) is 9.59 Å². The minimum absolute atomic E-state index is 0.111. The number of nitrogens with one attached hydrogen (secondary N) is 1. The lowest BCUT2D eigenvalue weighted by Gasteiger charge is -2.02. The van der Waals surface area contributed by atoms with Crippen LogP contribution in [0.15, 0.2) is 48.5 Å². The molecule has 12 heteroatoms. The molecule has 2 aromatic heterocycles. The highest BCUT2D eigenvalue weighted by Gasteiger charge is 2.12. The van der Waals surface area contributed by atoms with Gasteiger partial charge in [0.15, 0.2) is 0 Å². The summed E-state index contributed by atoms with van der Waals surface area (Å²) in [5.74, 6) is 1.77. The lowest BCUT2D eigenvalue weighted by atomic mass is 10.1. The number of rotatable bonds is 13. The summed E-state index contributed by atoms with van der Waals surface area (Å²) in [7, 11) is 0. The van der Waals surface area contributed by atoms with E-state index in [1.807, 2.05) is 24.3 Å². The molecule has 0 fully saturated rings. The second-order valence-electron chi connectivity index (χ2n) is 8.30. The van der Waals surface area contributed by atoms with Gasteiger partial charge in [0.1, 0.15) is 20.8 Å². The second kappa shape index (κ2) is 13.3. The van der Waals surface area contributed by atoms with Crippen LogP contribution < -0.4 is 16.8 Å². The van der Waals surface area contributed by atoms with E-state index in [2.05, 4.69) is 25.7 Å². The van der Waals surface area contributed by atoms with Crippen LogP contribution in [0.2, 0.25) is 0 Å². The van der Waals surface area contributed by atoms with Crippen LogP contribution in [0.3, 0.4) is 0 Å². The van der Waals surface area contributed by atoms with E-state index in [1.165, 1.54) is 22.7 Å². The maximum absolute atomic E-state index is 12.3. The zero-order chi connectivity index (χ0) is 26.0. The third-order valence-electron chi connectivity index (χ3n) is 5.22. The van der Waals surface area contributed by atoms with Crippen LogP contribution >= 0.6 is 34.4 Å². The van der Waals surface area contributed by atoms with Crippen molar-refractivity contribution < 1.29 is 9.59 Å². The SMILES string of the molecule is Nc1ccc(CC(=O)Cc2nnc(CCSCCc3nnc(NC(=O)Cc4ccc(N)cc4)s3)s2)cc1. The highest BCUT2D eigenvalue weighted by Crippen LogP contribution is 2.19. The average Bonchev–Trinajstić information content (AvgIpc) is 3.51. The number of thioether (sulfide) groups is 1. The minimum Gasteiger partial charge on any atom is -0.399 e. The zero-order valence-electron chi connectivity index (χ0n) is 20.1. The summed E-state index contributed by atoms with van der Waals surface area (Å²) in [6.07, 6.45) is 2.50. The van der Waals surface area contributed by atoms with Gasteiger partial charge >= 0.3 is 0 Å². The van der Waals surface area contributed by atoms with Crippen LogP contribution in [0.25, 0.3) is 0 Å². The number of hydrogen-bond acceptors (Lipinski definition) is 11. The molecule has 0 unspecified atom stereocenters. The number of hydrogen-bond donors (Lipinski definition) is 3. The lowest BCUT2D eigenvalue weighted by molar-refractivity contribution is -0.118. The maximum atomic E-state index is 12.3. The number of nitrogens with two attached hydrogens (primary N) is 2. The first-order valence-electron chi connectivity index (χ1n) is 11.6. The molecule has 0 saturated carbocycles. The van der Waals surface area contributed by atoms with Crippen molar-refractivity contribution >= 4 is 62.6 Å². The van der Waals surface area contributed by atoms with Crippen LogP contribution in [-0.4, -0.2) is 43.6 Å². The molecule has 4 rings (SSSR count). The first-order valence-corrected chi connectivity index (χ1v) is 14.4. The van der Waals surface area contributed by atoms with Gasteiger partial charge in [-0.3, -0.25) is 9.59 Å². The van der Waals surface area contributed by atoms with Crippen molar-refractivity contribution in [2.75, 3.05) is 28.3 Å². The monoisotopic (exact) mass is 553 g/mol. The van der Waals surface area contributed by atoms with E-state index in [0.717, 1.165) is 50.5 Å². The molecule has 2 heterocycles. The van der Waals surface area contributed by atoms with Gasteiger partial charge in [-0.1, -0.05) is 35.6 Å². The molecule has 4 aromatic rings. The fraction of sp³-hybridized carbons (Fsp3) is 0.280. The summed E-state index contributed by atoms with van der Waals surface area (Å²) in [6.45, 7) is 0. The van der Waals surface area contributed by atoms with Gasteiger partial charge in [0.2, 0.25) is 11.0 Å². The summed E-state index contributed by atoms with van der Waals surface area (Å²) in [5.41, 5.74) is 14.6. The predicted octanol–water partition coefficient (Wildman–Crippen LogP) is 3.61. The number of Topliss-reactive ketones (excluding diaryl/α,β-unsaturated/α-hetero) is 1. The molecule has 0 atom stereocenters. The van der Waals surface area contributed by atoms with Crippen LogP contribution in [-0.2, 0) is 41.7 Å². The molecule has 2 aromatic carbocycles. The Morgan fingerprint density at radius 2 is 1.24 bits per heavy atom. The summed E-state index contributed by atoms with van der Waals surface area (Å²) in [6, 6.07) is 14.6. The average molecular weight is 554 g/mol. The van der Waals surface area contributed by atoms with Crippen molar-refractivity contribution in [1.82, 2.24) is 20.4 Å². The molecule has 5 N–H and O–H groups in total. The molecule has 9 nitrogen and oxygen atoms in total. The smallest absolute Gasteiger partial charge is 0.230 e. The fourth-order valence-electron chi connectivity index (χ4n) is 3.37. The molecule has 192 valence electrons. The normalized spacial score (nSPS) is 10.9. The Balaban J connectivity index is 1.11. The van der Waals surface area contributed by atoms with Gasteiger partial charge in [-0.25, -0.2) is 0 Å². The Kier molecular flexibility index (Phi) is 9.58. The molecule has 0 aliphatic rings. The molecular formula is C25H27N7O2S3. The van der Waals surface area contributed by atoms with Crippen molar-refractivity contribution in [3.05, 3.63) is 74.7 Å². The number of nitrogen functional groups attached to an aromatic ring is 2. The van der Waals surface area contributed by atoms with Crippen molar-refractivity contribution in [1.29, 1.82) is 0 Å². The van der Waals surface area contributed by atoms with E-state index < -0.39 is 0 Å². The molecule has 0 radical (unpaired) electrons. The summed E-state index contributed by atoms with van der Waals surface area (Å²) in [5, 5.41) is 22.5. The van der Waals surface area contributed by atoms with Crippen molar-refractivity contribution in [2.45, 2.75) is 32.1 Å². The van der Waals surface area contributed by atoms with E-state index >= 15 is 0 Å². The van der Waals surface area contributed by atoms with Gasteiger partial charge < -0.3 is 16.8 Å². The number of benzene rings is 2. The number of aryl methyl sites for hydroxylation is 2. The van der Waals surface area contributed by atoms with Gasteiger partial charge in [0.05, 0.1) is 12.8 Å². The molecular weight excluding hydrogens is 527 g/mol. The van der Waals surface area contributed by atoms with E-state index in [-0.39, 0.29) is 18.1 Å². The maximum Gasteiger partial charge on any atom is 0.230 e. The number of amides is 1. The Hall–Kier alpha value is -3.35. The summed E-state index contributed by atoms with van der Waals surface area (Å²) < 4.78 is 0. The predicted molar refractivity (Wildman–Crippen MR) is 151 cm³/mol. The first kappa shape index (κ1) is 26.7. The largest absolute Gasteiger partial charge is 0.399 e. The van der Waals surface area contributed by atoms with Crippen LogP contribution in [0.1, 0.15) is 26.1 Å². The van der Waals surface area contributed by atoms with Crippen LogP contribution in [0.4, 0.5) is 16.5 Å². The van der Waals surface area contributed by atoms with E-state index in [4.69, 9.17) is 11.5 Å². The molecule has 0 bridgehead atoms. The number of carbonyl (C=O) groups is 2. The summed E-state index contributed by atoms with van der Waals surface area (Å²) in [4.78, 5) is 24.6. The Morgan fingerprint density at radius 1 is 0.703 bits per heavy atom. The number of carbonyl (C=O) groups excluding carboxylic acids is 2. The number of aromatic nitrogens is 4. The van der Waals surface area contributed by atoms with Crippen molar-refractivity contribution in [2.24, 2.45) is 0 Å². The third kappa shape index (κ3) is 8.92. The highest BCUT2D eigenvalue weighted by atomic mass is 32.2. The standard InChI is InChI=1S/C25H27N7O2S3/c26-18-5-1-16(2-6-18)13-20(33)15-24-31-29-22(36-24)9-11-35-12-10-23-30-32-25(37-23)28-21(34)14-17-3-7-19(27)8-4-17/h1-8H,9-15,26-27H2,(H,28,32,34). The number of anilines is 3. The topological polar surface area (TPSA) is 150 Å². The fourth-order valence-corrected chi connectivity index (χ4v) is 6.13.